The number of methoxy groups -OCH3 is 2. The van der Waals surface area contributed by atoms with Gasteiger partial charge in [0.15, 0.2) is 5.79 Å². The van der Waals surface area contributed by atoms with E-state index in [0.717, 1.165) is 0 Å². The summed E-state index contributed by atoms with van der Waals surface area (Å²) in [5, 5.41) is 0.130. The Morgan fingerprint density at radius 2 is 1.90 bits per heavy atom. The average Bonchev–Trinajstić information content (AvgIpc) is 2.47. The molecule has 0 N–H and O–H groups in total. The first-order chi connectivity index (χ1) is 9.53. The molecule has 6 heteroatoms. The molecule has 0 spiro atoms. The lowest BCUT2D eigenvalue weighted by Gasteiger charge is -2.39. The zero-order valence-corrected chi connectivity index (χ0v) is 12.2. The molecule has 1 fully saturated rings. The van der Waals surface area contributed by atoms with Crippen LogP contribution in [0.2, 0.25) is 5.02 Å². The lowest BCUT2D eigenvalue weighted by Crippen LogP contribution is -2.48. The van der Waals surface area contributed by atoms with Crippen LogP contribution in [0.3, 0.4) is 0 Å². The summed E-state index contributed by atoms with van der Waals surface area (Å²) >= 11 is 5.92. The van der Waals surface area contributed by atoms with Gasteiger partial charge in [0.25, 0.3) is 5.91 Å². The molecular formula is C14H17ClFNO3. The van der Waals surface area contributed by atoms with Crippen molar-refractivity contribution in [1.29, 1.82) is 0 Å². The molecule has 20 heavy (non-hydrogen) atoms. The van der Waals surface area contributed by atoms with Gasteiger partial charge >= 0.3 is 0 Å². The van der Waals surface area contributed by atoms with Crippen molar-refractivity contribution in [3.63, 3.8) is 0 Å². The van der Waals surface area contributed by atoms with Crippen molar-refractivity contribution in [2.45, 2.75) is 18.6 Å². The molecule has 0 bridgehead atoms. The van der Waals surface area contributed by atoms with E-state index < -0.39 is 17.5 Å². The largest absolute Gasteiger partial charge is 0.353 e. The van der Waals surface area contributed by atoms with Crippen LogP contribution in [0.4, 0.5) is 4.39 Å². The van der Waals surface area contributed by atoms with Gasteiger partial charge in [0.05, 0.1) is 10.6 Å². The first-order valence-electron chi connectivity index (χ1n) is 6.36. The Kier molecular flexibility index (Phi) is 4.62. The summed E-state index contributed by atoms with van der Waals surface area (Å²) < 4.78 is 24.5. The molecule has 0 aliphatic carbocycles. The summed E-state index contributed by atoms with van der Waals surface area (Å²) in [6.45, 7) is 0.871. The number of piperidine rings is 1. The number of carbonyl (C=O) groups excluding carboxylic acids is 1. The second kappa shape index (κ2) is 6.08. The van der Waals surface area contributed by atoms with E-state index >= 15 is 0 Å². The van der Waals surface area contributed by atoms with Crippen LogP contribution in [0.25, 0.3) is 0 Å². The SMILES string of the molecule is COC1(OC)CCN(C(=O)c2c(F)cccc2Cl)CC1. The van der Waals surface area contributed by atoms with Crippen LogP contribution < -0.4 is 0 Å². The summed E-state index contributed by atoms with van der Waals surface area (Å²) in [6, 6.07) is 4.22. The highest BCUT2D eigenvalue weighted by Gasteiger charge is 2.36. The van der Waals surface area contributed by atoms with Gasteiger partial charge in [-0.2, -0.15) is 0 Å². The molecule has 0 saturated carbocycles. The topological polar surface area (TPSA) is 38.8 Å². The van der Waals surface area contributed by atoms with Crippen LogP contribution in [0.15, 0.2) is 18.2 Å². The molecule has 0 radical (unpaired) electrons. The molecule has 0 unspecified atom stereocenters. The Morgan fingerprint density at radius 1 is 1.30 bits per heavy atom. The smallest absolute Gasteiger partial charge is 0.258 e. The van der Waals surface area contributed by atoms with E-state index in [4.69, 9.17) is 21.1 Å². The maximum absolute atomic E-state index is 13.8. The number of amides is 1. The van der Waals surface area contributed by atoms with Crippen molar-refractivity contribution >= 4 is 17.5 Å². The first kappa shape index (κ1) is 15.2. The van der Waals surface area contributed by atoms with E-state index in [1.807, 2.05) is 0 Å². The molecule has 0 aromatic heterocycles. The monoisotopic (exact) mass is 301 g/mol. The van der Waals surface area contributed by atoms with Gasteiger partial charge in [-0.1, -0.05) is 17.7 Å². The fraction of sp³-hybridized carbons (Fsp3) is 0.500. The highest BCUT2D eigenvalue weighted by Crippen LogP contribution is 2.28. The number of hydrogen-bond acceptors (Lipinski definition) is 3. The van der Waals surface area contributed by atoms with Gasteiger partial charge in [0.1, 0.15) is 5.82 Å². The van der Waals surface area contributed by atoms with E-state index in [0.29, 0.717) is 25.9 Å². The number of rotatable bonds is 3. The highest BCUT2D eigenvalue weighted by atomic mass is 35.5. The summed E-state index contributed by atoms with van der Waals surface area (Å²) in [5.41, 5.74) is -0.0727. The molecule has 110 valence electrons. The fourth-order valence-corrected chi connectivity index (χ4v) is 2.65. The van der Waals surface area contributed by atoms with Crippen LogP contribution >= 0.6 is 11.6 Å². The zero-order valence-electron chi connectivity index (χ0n) is 11.5. The Labute approximate surface area is 122 Å². The van der Waals surface area contributed by atoms with E-state index in [1.165, 1.54) is 18.2 Å². The second-order valence-electron chi connectivity index (χ2n) is 4.71. The summed E-state index contributed by atoms with van der Waals surface area (Å²) in [7, 11) is 3.16. The molecule has 1 aromatic rings. The Bertz CT molecular complexity index is 475. The maximum Gasteiger partial charge on any atom is 0.258 e. The van der Waals surface area contributed by atoms with Gasteiger partial charge in [-0.05, 0) is 12.1 Å². The minimum absolute atomic E-state index is 0.0727. The van der Waals surface area contributed by atoms with Crippen molar-refractivity contribution in [2.24, 2.45) is 0 Å². The third-order valence-electron chi connectivity index (χ3n) is 3.73. The van der Waals surface area contributed by atoms with Crippen molar-refractivity contribution in [1.82, 2.24) is 4.90 Å². The second-order valence-corrected chi connectivity index (χ2v) is 5.11. The van der Waals surface area contributed by atoms with Gasteiger partial charge in [0, 0.05) is 40.2 Å². The normalized spacial score (nSPS) is 18.1. The molecular weight excluding hydrogens is 285 g/mol. The summed E-state index contributed by atoms with van der Waals surface area (Å²) in [5.74, 6) is -1.65. The molecule has 1 aliphatic heterocycles. The Balaban J connectivity index is 2.13. The summed E-state index contributed by atoms with van der Waals surface area (Å²) in [6.07, 6.45) is 1.08. The Hall–Kier alpha value is -1.17. The maximum atomic E-state index is 13.8. The number of carbonyl (C=O) groups is 1. The number of hydrogen-bond donors (Lipinski definition) is 0. The number of ether oxygens (including phenoxy) is 2. The van der Waals surface area contributed by atoms with Gasteiger partial charge in [-0.15, -0.1) is 0 Å². The number of likely N-dealkylation sites (tertiary alicyclic amines) is 1. The van der Waals surface area contributed by atoms with Crippen molar-refractivity contribution < 1.29 is 18.7 Å². The quantitative estimate of drug-likeness (QED) is 0.806. The minimum Gasteiger partial charge on any atom is -0.353 e. The zero-order chi connectivity index (χ0) is 14.8. The van der Waals surface area contributed by atoms with Gasteiger partial charge in [-0.3, -0.25) is 4.79 Å². The van der Waals surface area contributed by atoms with Crippen molar-refractivity contribution in [2.75, 3.05) is 27.3 Å². The molecule has 1 heterocycles. The molecule has 1 saturated heterocycles. The van der Waals surface area contributed by atoms with E-state index in [1.54, 1.807) is 19.1 Å². The van der Waals surface area contributed by atoms with E-state index in [9.17, 15) is 9.18 Å². The number of benzene rings is 1. The molecule has 4 nitrogen and oxygen atoms in total. The highest BCUT2D eigenvalue weighted by molar-refractivity contribution is 6.33. The lowest BCUT2D eigenvalue weighted by atomic mass is 10.0. The molecule has 1 aromatic carbocycles. The van der Waals surface area contributed by atoms with Gasteiger partial charge < -0.3 is 14.4 Å². The van der Waals surface area contributed by atoms with Crippen LogP contribution in [0.1, 0.15) is 23.2 Å². The van der Waals surface area contributed by atoms with Crippen LogP contribution in [-0.4, -0.2) is 43.9 Å². The molecule has 2 rings (SSSR count). The van der Waals surface area contributed by atoms with Crippen LogP contribution in [0, 0.1) is 5.82 Å². The van der Waals surface area contributed by atoms with Gasteiger partial charge in [-0.25, -0.2) is 4.39 Å². The lowest BCUT2D eigenvalue weighted by molar-refractivity contribution is -0.226. The molecule has 1 aliphatic rings. The molecule has 1 amide bonds. The van der Waals surface area contributed by atoms with Crippen molar-refractivity contribution in [3.05, 3.63) is 34.6 Å². The number of halogens is 2. The fourth-order valence-electron chi connectivity index (χ4n) is 2.40. The average molecular weight is 302 g/mol. The predicted octanol–water partition coefficient (Wildman–Crippen LogP) is 2.70. The van der Waals surface area contributed by atoms with E-state index in [-0.39, 0.29) is 10.6 Å². The Morgan fingerprint density at radius 3 is 2.40 bits per heavy atom. The minimum atomic E-state index is -0.657. The predicted molar refractivity (Wildman–Crippen MR) is 73.3 cm³/mol. The standard InChI is InChI=1S/C14H17ClFNO3/c1-19-14(20-2)6-8-17(9-7-14)13(18)12-10(15)4-3-5-11(12)16/h3-5H,6-9H2,1-2H3. The third kappa shape index (κ3) is 2.80. The van der Waals surface area contributed by atoms with E-state index in [2.05, 4.69) is 0 Å². The van der Waals surface area contributed by atoms with Crippen molar-refractivity contribution in [3.8, 4) is 0 Å². The summed E-state index contributed by atoms with van der Waals surface area (Å²) in [4.78, 5) is 13.9. The molecule has 0 atom stereocenters. The third-order valence-corrected chi connectivity index (χ3v) is 4.05. The first-order valence-corrected chi connectivity index (χ1v) is 6.74. The van der Waals surface area contributed by atoms with Crippen LogP contribution in [0.5, 0.6) is 0 Å². The van der Waals surface area contributed by atoms with Gasteiger partial charge in [0.2, 0.25) is 0 Å². The van der Waals surface area contributed by atoms with Crippen LogP contribution in [-0.2, 0) is 9.47 Å². The number of nitrogens with zero attached hydrogens (tertiary/aromatic N) is 1.